The molecule has 4 nitrogen and oxygen atoms in total. The van der Waals surface area contributed by atoms with Crippen LogP contribution in [0.25, 0.3) is 0 Å². The van der Waals surface area contributed by atoms with Gasteiger partial charge >= 0.3 is 0 Å². The van der Waals surface area contributed by atoms with Gasteiger partial charge in [-0.3, -0.25) is 4.79 Å². The first-order valence-corrected chi connectivity index (χ1v) is 5.19. The molecule has 0 aliphatic rings. The predicted octanol–water partition coefficient (Wildman–Crippen LogP) is 1.76. The quantitative estimate of drug-likeness (QED) is 0.785. The standard InChI is InChI=1S/C11H12ClN3O/c1-8(16)14-4-5-15-11-3-2-10(12)6-9(11)7-13/h2-3,6,15H,4-5H2,1H3,(H,14,16). The number of amides is 1. The maximum Gasteiger partial charge on any atom is 0.216 e. The van der Waals surface area contributed by atoms with Crippen molar-refractivity contribution in [2.24, 2.45) is 0 Å². The molecule has 0 radical (unpaired) electrons. The molecule has 0 heterocycles. The van der Waals surface area contributed by atoms with Gasteiger partial charge in [0.15, 0.2) is 0 Å². The predicted molar refractivity (Wildman–Crippen MR) is 63.3 cm³/mol. The van der Waals surface area contributed by atoms with Crippen LogP contribution in [0.4, 0.5) is 5.69 Å². The van der Waals surface area contributed by atoms with Gasteiger partial charge in [0.1, 0.15) is 6.07 Å². The van der Waals surface area contributed by atoms with Crippen molar-refractivity contribution in [3.8, 4) is 6.07 Å². The van der Waals surface area contributed by atoms with Gasteiger partial charge in [-0.1, -0.05) is 11.6 Å². The van der Waals surface area contributed by atoms with Crippen molar-refractivity contribution >= 4 is 23.2 Å². The lowest BCUT2D eigenvalue weighted by Crippen LogP contribution is -2.26. The molecule has 0 aliphatic heterocycles. The minimum atomic E-state index is -0.0709. The lowest BCUT2D eigenvalue weighted by atomic mass is 10.2. The second-order valence-corrected chi connectivity index (χ2v) is 3.65. The first-order chi connectivity index (χ1) is 7.63. The number of carbonyl (C=O) groups is 1. The van der Waals surface area contributed by atoms with E-state index in [1.165, 1.54) is 6.92 Å². The molecule has 0 atom stereocenters. The topological polar surface area (TPSA) is 64.9 Å². The number of hydrogen-bond acceptors (Lipinski definition) is 3. The van der Waals surface area contributed by atoms with Crippen LogP contribution in [-0.4, -0.2) is 19.0 Å². The molecular weight excluding hydrogens is 226 g/mol. The lowest BCUT2D eigenvalue weighted by molar-refractivity contribution is -0.118. The molecule has 1 aromatic carbocycles. The Hall–Kier alpha value is -1.73. The van der Waals surface area contributed by atoms with Gasteiger partial charge in [0.2, 0.25) is 5.91 Å². The Balaban J connectivity index is 2.54. The van der Waals surface area contributed by atoms with E-state index in [4.69, 9.17) is 16.9 Å². The summed E-state index contributed by atoms with van der Waals surface area (Å²) in [5.41, 5.74) is 1.22. The van der Waals surface area contributed by atoms with Gasteiger partial charge in [-0.15, -0.1) is 0 Å². The van der Waals surface area contributed by atoms with Crippen LogP contribution < -0.4 is 10.6 Å². The van der Waals surface area contributed by atoms with Crippen molar-refractivity contribution in [3.63, 3.8) is 0 Å². The monoisotopic (exact) mass is 237 g/mol. The third-order valence-corrected chi connectivity index (χ3v) is 2.15. The number of nitrogens with zero attached hydrogens (tertiary/aromatic N) is 1. The maximum absolute atomic E-state index is 10.6. The van der Waals surface area contributed by atoms with E-state index in [9.17, 15) is 4.79 Å². The molecule has 0 saturated carbocycles. The Morgan fingerprint density at radius 1 is 1.50 bits per heavy atom. The Morgan fingerprint density at radius 3 is 2.88 bits per heavy atom. The molecule has 0 spiro atoms. The molecule has 0 aliphatic carbocycles. The van der Waals surface area contributed by atoms with Gasteiger partial charge in [0.25, 0.3) is 0 Å². The van der Waals surface area contributed by atoms with Crippen LogP contribution in [-0.2, 0) is 4.79 Å². The number of anilines is 1. The first-order valence-electron chi connectivity index (χ1n) is 4.81. The van der Waals surface area contributed by atoms with Crippen LogP contribution in [0.15, 0.2) is 18.2 Å². The van der Waals surface area contributed by atoms with Gasteiger partial charge in [0.05, 0.1) is 11.3 Å². The number of carbonyl (C=O) groups excluding carboxylic acids is 1. The normalized spacial score (nSPS) is 9.31. The molecule has 16 heavy (non-hydrogen) atoms. The van der Waals surface area contributed by atoms with Crippen LogP contribution in [0.3, 0.4) is 0 Å². The minimum Gasteiger partial charge on any atom is -0.382 e. The van der Waals surface area contributed by atoms with E-state index in [0.717, 1.165) is 5.69 Å². The van der Waals surface area contributed by atoms with Gasteiger partial charge in [-0.2, -0.15) is 5.26 Å². The highest BCUT2D eigenvalue weighted by Gasteiger charge is 2.01. The fraction of sp³-hybridized carbons (Fsp3) is 0.273. The van der Waals surface area contributed by atoms with Gasteiger partial charge in [-0.25, -0.2) is 0 Å². The van der Waals surface area contributed by atoms with Crippen LogP contribution in [0.5, 0.6) is 0 Å². The van der Waals surface area contributed by atoms with E-state index in [-0.39, 0.29) is 5.91 Å². The van der Waals surface area contributed by atoms with Crippen LogP contribution >= 0.6 is 11.6 Å². The average Bonchev–Trinajstić information content (AvgIpc) is 2.25. The second kappa shape index (κ2) is 5.99. The van der Waals surface area contributed by atoms with Crippen LogP contribution in [0.2, 0.25) is 5.02 Å². The number of nitriles is 1. The van der Waals surface area contributed by atoms with E-state index >= 15 is 0 Å². The Labute approximate surface area is 99.2 Å². The molecule has 1 amide bonds. The summed E-state index contributed by atoms with van der Waals surface area (Å²) < 4.78 is 0. The zero-order valence-corrected chi connectivity index (χ0v) is 9.64. The molecule has 0 fully saturated rings. The highest BCUT2D eigenvalue weighted by atomic mass is 35.5. The summed E-state index contributed by atoms with van der Waals surface area (Å²) in [6, 6.07) is 7.11. The summed E-state index contributed by atoms with van der Waals surface area (Å²) in [4.78, 5) is 10.6. The summed E-state index contributed by atoms with van der Waals surface area (Å²) in [5, 5.41) is 15.1. The summed E-state index contributed by atoms with van der Waals surface area (Å²) in [6.45, 7) is 2.54. The third-order valence-electron chi connectivity index (χ3n) is 1.92. The van der Waals surface area contributed by atoms with Crippen LogP contribution in [0, 0.1) is 11.3 Å². The zero-order chi connectivity index (χ0) is 12.0. The number of rotatable bonds is 4. The van der Waals surface area contributed by atoms with Crippen LogP contribution in [0.1, 0.15) is 12.5 Å². The molecule has 2 N–H and O–H groups in total. The molecular formula is C11H12ClN3O. The van der Waals surface area contributed by atoms with Crippen molar-refractivity contribution < 1.29 is 4.79 Å². The van der Waals surface area contributed by atoms with E-state index in [2.05, 4.69) is 16.7 Å². The van der Waals surface area contributed by atoms with Crippen molar-refractivity contribution in [2.45, 2.75) is 6.92 Å². The molecule has 0 aromatic heterocycles. The first kappa shape index (κ1) is 12.3. The highest BCUT2D eigenvalue weighted by molar-refractivity contribution is 6.30. The minimum absolute atomic E-state index is 0.0709. The molecule has 0 saturated heterocycles. The summed E-state index contributed by atoms with van der Waals surface area (Å²) in [7, 11) is 0. The van der Waals surface area contributed by atoms with E-state index in [0.29, 0.717) is 23.7 Å². The number of halogens is 1. The number of benzene rings is 1. The molecule has 0 bridgehead atoms. The highest BCUT2D eigenvalue weighted by Crippen LogP contribution is 2.19. The van der Waals surface area contributed by atoms with E-state index in [1.54, 1.807) is 18.2 Å². The van der Waals surface area contributed by atoms with E-state index in [1.807, 2.05) is 0 Å². The van der Waals surface area contributed by atoms with E-state index < -0.39 is 0 Å². The maximum atomic E-state index is 10.6. The zero-order valence-electron chi connectivity index (χ0n) is 8.88. The SMILES string of the molecule is CC(=O)NCCNc1ccc(Cl)cc1C#N. The molecule has 5 heteroatoms. The Kier molecular flexibility index (Phi) is 4.62. The average molecular weight is 238 g/mol. The second-order valence-electron chi connectivity index (χ2n) is 3.21. The van der Waals surface area contributed by atoms with Gasteiger partial charge in [0, 0.05) is 25.0 Å². The fourth-order valence-electron chi connectivity index (χ4n) is 1.20. The van der Waals surface area contributed by atoms with Crippen molar-refractivity contribution in [3.05, 3.63) is 28.8 Å². The lowest BCUT2D eigenvalue weighted by Gasteiger charge is -2.08. The number of hydrogen-bond donors (Lipinski definition) is 2. The Morgan fingerprint density at radius 2 is 2.25 bits per heavy atom. The fourth-order valence-corrected chi connectivity index (χ4v) is 1.37. The molecule has 0 unspecified atom stereocenters. The van der Waals surface area contributed by atoms with Crippen molar-refractivity contribution in [2.75, 3.05) is 18.4 Å². The third kappa shape index (κ3) is 3.79. The smallest absolute Gasteiger partial charge is 0.216 e. The molecule has 1 aromatic rings. The van der Waals surface area contributed by atoms with Gasteiger partial charge in [-0.05, 0) is 18.2 Å². The van der Waals surface area contributed by atoms with Crippen molar-refractivity contribution in [1.82, 2.24) is 5.32 Å². The molecule has 1 rings (SSSR count). The van der Waals surface area contributed by atoms with Crippen molar-refractivity contribution in [1.29, 1.82) is 5.26 Å². The largest absolute Gasteiger partial charge is 0.382 e. The Bertz CT molecular complexity index is 426. The molecule has 84 valence electrons. The summed E-state index contributed by atoms with van der Waals surface area (Å²) >= 11 is 5.76. The number of nitrogens with one attached hydrogen (secondary N) is 2. The summed E-state index contributed by atoms with van der Waals surface area (Å²) in [6.07, 6.45) is 0. The summed E-state index contributed by atoms with van der Waals surface area (Å²) in [5.74, 6) is -0.0709. The van der Waals surface area contributed by atoms with Gasteiger partial charge < -0.3 is 10.6 Å².